The molecule has 0 bridgehead atoms. The van der Waals surface area contributed by atoms with Crippen molar-refractivity contribution in [3.05, 3.63) is 21.9 Å². The Balaban J connectivity index is 3.38. The van der Waals surface area contributed by atoms with Crippen LogP contribution < -0.4 is 5.73 Å². The molecule has 0 aliphatic rings. The normalized spacial score (nSPS) is 10.5. The van der Waals surface area contributed by atoms with Crippen molar-refractivity contribution in [2.45, 2.75) is 6.43 Å². The third-order valence-corrected chi connectivity index (χ3v) is 2.28. The number of nitrogens with two attached hydrogens (primary N) is 1. The topological polar surface area (TPSA) is 56.0 Å². The molecular formula is C7H5BrF2N2O. The smallest absolute Gasteiger partial charge is 0.267 e. The van der Waals surface area contributed by atoms with Gasteiger partial charge in [-0.2, -0.15) is 0 Å². The average molecular weight is 251 g/mol. The molecule has 13 heavy (non-hydrogen) atoms. The number of carbonyl (C=O) groups excluding carboxylic acids is 1. The number of hydrogen-bond acceptors (Lipinski definition) is 3. The van der Waals surface area contributed by atoms with Crippen LogP contribution in [0.1, 0.15) is 22.5 Å². The Kier molecular flexibility index (Phi) is 2.92. The highest BCUT2D eigenvalue weighted by Crippen LogP contribution is 2.32. The summed E-state index contributed by atoms with van der Waals surface area (Å²) in [6.45, 7) is 0. The van der Waals surface area contributed by atoms with E-state index in [9.17, 15) is 13.6 Å². The predicted molar refractivity (Wildman–Crippen MR) is 46.7 cm³/mol. The largest absolute Gasteiger partial charge is 0.397 e. The molecule has 0 aromatic carbocycles. The van der Waals surface area contributed by atoms with E-state index in [-0.39, 0.29) is 15.9 Å². The van der Waals surface area contributed by atoms with Crippen molar-refractivity contribution in [1.82, 2.24) is 4.98 Å². The fourth-order valence-electron chi connectivity index (χ4n) is 0.834. The number of nitrogens with zero attached hydrogens (tertiary/aromatic N) is 1. The van der Waals surface area contributed by atoms with E-state index in [4.69, 9.17) is 5.73 Å². The Bertz CT molecular complexity index is 344. The lowest BCUT2D eigenvalue weighted by atomic mass is 10.2. The molecule has 0 fully saturated rings. The minimum atomic E-state index is -2.73. The van der Waals surface area contributed by atoms with E-state index in [1.807, 2.05) is 0 Å². The van der Waals surface area contributed by atoms with Crippen LogP contribution in [0.2, 0.25) is 0 Å². The zero-order valence-electron chi connectivity index (χ0n) is 6.30. The average Bonchev–Trinajstić information content (AvgIpc) is 2.04. The van der Waals surface area contributed by atoms with Gasteiger partial charge in [0, 0.05) is 0 Å². The zero-order valence-corrected chi connectivity index (χ0v) is 7.88. The SMILES string of the molecule is Nc1cnc(C=O)c(Br)c1C(F)F. The summed E-state index contributed by atoms with van der Waals surface area (Å²) < 4.78 is 24.7. The number of hydrogen-bond donors (Lipinski definition) is 1. The monoisotopic (exact) mass is 250 g/mol. The summed E-state index contributed by atoms with van der Waals surface area (Å²) in [5.74, 6) is 0. The van der Waals surface area contributed by atoms with Gasteiger partial charge in [-0.15, -0.1) is 0 Å². The van der Waals surface area contributed by atoms with Crippen LogP contribution in [0.5, 0.6) is 0 Å². The van der Waals surface area contributed by atoms with E-state index in [0.29, 0.717) is 6.29 Å². The minimum absolute atomic E-state index is 0.0440. The van der Waals surface area contributed by atoms with Gasteiger partial charge in [0.05, 0.1) is 21.9 Å². The van der Waals surface area contributed by atoms with Gasteiger partial charge in [0.1, 0.15) is 5.69 Å². The van der Waals surface area contributed by atoms with E-state index >= 15 is 0 Å². The van der Waals surface area contributed by atoms with Crippen LogP contribution in [0, 0.1) is 0 Å². The number of nitrogen functional groups attached to an aromatic ring is 1. The summed E-state index contributed by atoms with van der Waals surface area (Å²) in [5, 5.41) is 0. The zero-order chi connectivity index (χ0) is 10.0. The Labute approximate surface area is 81.1 Å². The van der Waals surface area contributed by atoms with Crippen LogP contribution in [0.3, 0.4) is 0 Å². The molecule has 1 rings (SSSR count). The number of halogens is 3. The molecular weight excluding hydrogens is 246 g/mol. The summed E-state index contributed by atoms with van der Waals surface area (Å²) in [6.07, 6.45) is -1.30. The highest BCUT2D eigenvalue weighted by molar-refractivity contribution is 9.10. The van der Waals surface area contributed by atoms with Crippen molar-refractivity contribution in [3.63, 3.8) is 0 Å². The van der Waals surface area contributed by atoms with Gasteiger partial charge in [-0.05, 0) is 15.9 Å². The molecule has 0 radical (unpaired) electrons. The molecule has 0 spiro atoms. The molecule has 6 heteroatoms. The predicted octanol–water partition coefficient (Wildman–Crippen LogP) is 2.18. The molecule has 2 N–H and O–H groups in total. The molecule has 0 amide bonds. The van der Waals surface area contributed by atoms with Gasteiger partial charge in [-0.3, -0.25) is 9.78 Å². The van der Waals surface area contributed by atoms with E-state index in [0.717, 1.165) is 6.20 Å². The second-order valence-corrected chi connectivity index (χ2v) is 3.04. The maximum atomic E-state index is 12.4. The first-order valence-electron chi connectivity index (χ1n) is 3.25. The lowest BCUT2D eigenvalue weighted by molar-refractivity contribution is 0.111. The molecule has 1 heterocycles. The molecule has 0 atom stereocenters. The van der Waals surface area contributed by atoms with E-state index in [1.165, 1.54) is 0 Å². The molecule has 0 saturated heterocycles. The summed E-state index contributed by atoms with van der Waals surface area (Å²) in [5.41, 5.74) is 4.65. The standard InChI is InChI=1S/C7H5BrF2N2O/c8-6-4(2-13)12-1-3(11)5(6)7(9)10/h1-2,7H,11H2. The van der Waals surface area contributed by atoms with Gasteiger partial charge in [0.25, 0.3) is 6.43 Å². The number of carbonyl (C=O) groups is 1. The quantitative estimate of drug-likeness (QED) is 0.819. The van der Waals surface area contributed by atoms with Crippen molar-refractivity contribution in [3.8, 4) is 0 Å². The third kappa shape index (κ3) is 1.82. The Morgan fingerprint density at radius 3 is 2.69 bits per heavy atom. The summed E-state index contributed by atoms with van der Waals surface area (Å²) >= 11 is 2.84. The second-order valence-electron chi connectivity index (χ2n) is 2.24. The van der Waals surface area contributed by atoms with Gasteiger partial charge < -0.3 is 5.73 Å². The first-order valence-corrected chi connectivity index (χ1v) is 4.04. The van der Waals surface area contributed by atoms with Crippen molar-refractivity contribution >= 4 is 27.9 Å². The molecule has 0 unspecified atom stereocenters. The fourth-order valence-corrected chi connectivity index (χ4v) is 1.43. The van der Waals surface area contributed by atoms with Gasteiger partial charge in [0.2, 0.25) is 0 Å². The van der Waals surface area contributed by atoms with Crippen molar-refractivity contribution in [2.75, 3.05) is 5.73 Å². The number of aldehydes is 1. The Hall–Kier alpha value is -1.04. The summed E-state index contributed by atoms with van der Waals surface area (Å²) in [4.78, 5) is 13.9. The maximum Gasteiger partial charge on any atom is 0.267 e. The molecule has 1 aromatic heterocycles. The Morgan fingerprint density at radius 1 is 1.62 bits per heavy atom. The number of pyridine rings is 1. The lowest BCUT2D eigenvalue weighted by Gasteiger charge is -2.07. The maximum absolute atomic E-state index is 12.4. The summed E-state index contributed by atoms with van der Waals surface area (Å²) in [6, 6.07) is 0. The number of anilines is 1. The number of aromatic nitrogens is 1. The molecule has 70 valence electrons. The Morgan fingerprint density at radius 2 is 2.23 bits per heavy atom. The lowest BCUT2D eigenvalue weighted by Crippen LogP contribution is -2.01. The molecule has 0 aliphatic heterocycles. The van der Waals surface area contributed by atoms with E-state index < -0.39 is 12.0 Å². The minimum Gasteiger partial charge on any atom is -0.397 e. The van der Waals surface area contributed by atoms with Gasteiger partial charge in [-0.25, -0.2) is 8.78 Å². The first kappa shape index (κ1) is 10.0. The highest BCUT2D eigenvalue weighted by atomic mass is 79.9. The van der Waals surface area contributed by atoms with Crippen LogP contribution in [0.25, 0.3) is 0 Å². The molecule has 3 nitrogen and oxygen atoms in total. The first-order chi connectivity index (χ1) is 6.07. The molecule has 1 aromatic rings. The highest BCUT2D eigenvalue weighted by Gasteiger charge is 2.18. The third-order valence-electron chi connectivity index (χ3n) is 1.44. The van der Waals surface area contributed by atoms with E-state index in [1.54, 1.807) is 0 Å². The van der Waals surface area contributed by atoms with Crippen molar-refractivity contribution < 1.29 is 13.6 Å². The number of alkyl halides is 2. The fraction of sp³-hybridized carbons (Fsp3) is 0.143. The van der Waals surface area contributed by atoms with Crippen LogP contribution >= 0.6 is 15.9 Å². The number of rotatable bonds is 2. The van der Waals surface area contributed by atoms with Crippen LogP contribution in [-0.2, 0) is 0 Å². The van der Waals surface area contributed by atoms with Crippen LogP contribution in [0.15, 0.2) is 10.7 Å². The van der Waals surface area contributed by atoms with Crippen LogP contribution in [0.4, 0.5) is 14.5 Å². The van der Waals surface area contributed by atoms with E-state index in [2.05, 4.69) is 20.9 Å². The van der Waals surface area contributed by atoms with Gasteiger partial charge in [-0.1, -0.05) is 0 Å². The molecule has 0 aliphatic carbocycles. The molecule has 0 saturated carbocycles. The van der Waals surface area contributed by atoms with Gasteiger partial charge >= 0.3 is 0 Å². The van der Waals surface area contributed by atoms with Gasteiger partial charge in [0.15, 0.2) is 6.29 Å². The van der Waals surface area contributed by atoms with Crippen molar-refractivity contribution in [1.29, 1.82) is 0 Å². The summed E-state index contributed by atoms with van der Waals surface area (Å²) in [7, 11) is 0. The second kappa shape index (κ2) is 3.78. The van der Waals surface area contributed by atoms with Crippen molar-refractivity contribution in [2.24, 2.45) is 0 Å². The van der Waals surface area contributed by atoms with Crippen LogP contribution in [-0.4, -0.2) is 11.3 Å².